The second-order valence-electron chi connectivity index (χ2n) is 3.35. The van der Waals surface area contributed by atoms with E-state index in [2.05, 4.69) is 20.3 Å². The molecule has 1 atom stereocenters. The predicted molar refractivity (Wildman–Crippen MR) is 63.3 cm³/mol. The van der Waals surface area contributed by atoms with Gasteiger partial charge in [0.25, 0.3) is 0 Å². The zero-order chi connectivity index (χ0) is 11.4. The lowest BCUT2D eigenvalue weighted by atomic mass is 10.1. The molecule has 2 rings (SSSR count). The molecule has 0 aromatic carbocycles. The summed E-state index contributed by atoms with van der Waals surface area (Å²) in [6.45, 7) is 2.02. The molecule has 16 heavy (non-hydrogen) atoms. The monoisotopic (exact) mass is 234 g/mol. The molecular weight excluding hydrogens is 224 g/mol. The molecule has 5 heteroatoms. The lowest BCUT2D eigenvalue weighted by molar-refractivity contribution is 0.863. The maximum atomic E-state index is 5.90. The van der Waals surface area contributed by atoms with Crippen molar-refractivity contribution in [2.24, 2.45) is 0 Å². The number of nitrogens with zero attached hydrogens (tertiary/aromatic N) is 3. The average molecular weight is 235 g/mol. The molecule has 82 valence electrons. The summed E-state index contributed by atoms with van der Waals surface area (Å²) >= 11 is 5.90. The van der Waals surface area contributed by atoms with Crippen LogP contribution in [0.1, 0.15) is 18.5 Å². The fourth-order valence-corrected chi connectivity index (χ4v) is 1.50. The minimum Gasteiger partial charge on any atom is -0.361 e. The second-order valence-corrected chi connectivity index (χ2v) is 3.71. The molecule has 2 aromatic rings. The molecule has 0 saturated heterocycles. The summed E-state index contributed by atoms with van der Waals surface area (Å²) in [6, 6.07) is 3.98. The maximum absolute atomic E-state index is 5.90. The van der Waals surface area contributed by atoms with Gasteiger partial charge in [0.15, 0.2) is 11.0 Å². The normalized spacial score (nSPS) is 12.1. The van der Waals surface area contributed by atoms with Gasteiger partial charge in [-0.1, -0.05) is 17.7 Å². The van der Waals surface area contributed by atoms with Gasteiger partial charge in [0.05, 0.1) is 6.04 Å². The molecule has 2 aromatic heterocycles. The van der Waals surface area contributed by atoms with E-state index in [1.165, 1.54) is 0 Å². The SMILES string of the molecule is CC(Nc1nccnc1Cl)c1cccnc1. The number of pyridine rings is 1. The molecule has 1 unspecified atom stereocenters. The first-order valence-corrected chi connectivity index (χ1v) is 5.28. The molecule has 0 bridgehead atoms. The minimum absolute atomic E-state index is 0.0860. The van der Waals surface area contributed by atoms with E-state index in [-0.39, 0.29) is 6.04 Å². The Labute approximate surface area is 98.7 Å². The van der Waals surface area contributed by atoms with Gasteiger partial charge in [-0.05, 0) is 18.6 Å². The maximum Gasteiger partial charge on any atom is 0.171 e. The highest BCUT2D eigenvalue weighted by atomic mass is 35.5. The van der Waals surface area contributed by atoms with Crippen LogP contribution < -0.4 is 5.32 Å². The van der Waals surface area contributed by atoms with Crippen molar-refractivity contribution in [1.29, 1.82) is 0 Å². The Balaban J connectivity index is 2.14. The van der Waals surface area contributed by atoms with E-state index in [4.69, 9.17) is 11.6 Å². The summed E-state index contributed by atoms with van der Waals surface area (Å²) in [5.41, 5.74) is 1.07. The van der Waals surface area contributed by atoms with Crippen LogP contribution in [-0.2, 0) is 0 Å². The van der Waals surface area contributed by atoms with E-state index >= 15 is 0 Å². The van der Waals surface area contributed by atoms with Crippen LogP contribution in [0.5, 0.6) is 0 Å². The quantitative estimate of drug-likeness (QED) is 0.887. The highest BCUT2D eigenvalue weighted by Crippen LogP contribution is 2.21. The Kier molecular flexibility index (Phi) is 3.31. The van der Waals surface area contributed by atoms with Crippen LogP contribution in [0.25, 0.3) is 0 Å². The largest absolute Gasteiger partial charge is 0.361 e. The molecule has 0 saturated carbocycles. The number of nitrogens with one attached hydrogen (secondary N) is 1. The number of rotatable bonds is 3. The molecule has 0 spiro atoms. The van der Waals surface area contributed by atoms with Gasteiger partial charge in [-0.25, -0.2) is 9.97 Å². The molecule has 0 radical (unpaired) electrons. The van der Waals surface area contributed by atoms with Gasteiger partial charge in [0.1, 0.15) is 0 Å². The van der Waals surface area contributed by atoms with Crippen LogP contribution in [-0.4, -0.2) is 15.0 Å². The van der Waals surface area contributed by atoms with Gasteiger partial charge in [-0.15, -0.1) is 0 Å². The molecule has 0 aliphatic rings. The van der Waals surface area contributed by atoms with E-state index in [9.17, 15) is 0 Å². The first-order chi connectivity index (χ1) is 7.77. The number of halogens is 1. The number of hydrogen-bond acceptors (Lipinski definition) is 4. The van der Waals surface area contributed by atoms with Crippen LogP contribution in [0.15, 0.2) is 36.9 Å². The van der Waals surface area contributed by atoms with Crippen LogP contribution in [0, 0.1) is 0 Å². The first-order valence-electron chi connectivity index (χ1n) is 4.90. The van der Waals surface area contributed by atoms with Gasteiger partial charge >= 0.3 is 0 Å². The fraction of sp³-hybridized carbons (Fsp3) is 0.182. The van der Waals surface area contributed by atoms with Crippen LogP contribution in [0.2, 0.25) is 5.15 Å². The lowest BCUT2D eigenvalue weighted by Gasteiger charge is -2.14. The van der Waals surface area contributed by atoms with E-state index in [1.807, 2.05) is 25.3 Å². The van der Waals surface area contributed by atoms with Gasteiger partial charge in [0.2, 0.25) is 0 Å². The highest BCUT2D eigenvalue weighted by Gasteiger charge is 2.08. The molecule has 0 fully saturated rings. The predicted octanol–water partition coefficient (Wildman–Crippen LogP) is 2.70. The Morgan fingerprint density at radius 2 is 2.06 bits per heavy atom. The first kappa shape index (κ1) is 10.8. The molecule has 1 N–H and O–H groups in total. The summed E-state index contributed by atoms with van der Waals surface area (Å²) in [5.74, 6) is 0.584. The van der Waals surface area contributed by atoms with Gasteiger partial charge in [0, 0.05) is 24.8 Å². The van der Waals surface area contributed by atoms with Crippen LogP contribution in [0.3, 0.4) is 0 Å². The third kappa shape index (κ3) is 2.46. The number of anilines is 1. The molecular formula is C11H11ClN4. The van der Waals surface area contributed by atoms with Gasteiger partial charge < -0.3 is 5.32 Å². The molecule has 2 heterocycles. The van der Waals surface area contributed by atoms with E-state index in [0.29, 0.717) is 11.0 Å². The summed E-state index contributed by atoms with van der Waals surface area (Å²) in [4.78, 5) is 12.1. The van der Waals surface area contributed by atoms with E-state index < -0.39 is 0 Å². The molecule has 4 nitrogen and oxygen atoms in total. The van der Waals surface area contributed by atoms with Crippen molar-refractivity contribution in [1.82, 2.24) is 15.0 Å². The summed E-state index contributed by atoms with van der Waals surface area (Å²) in [7, 11) is 0. The minimum atomic E-state index is 0.0860. The second kappa shape index (κ2) is 4.90. The van der Waals surface area contributed by atoms with Crippen molar-refractivity contribution in [3.63, 3.8) is 0 Å². The zero-order valence-corrected chi connectivity index (χ0v) is 9.52. The fourth-order valence-electron chi connectivity index (χ4n) is 1.34. The van der Waals surface area contributed by atoms with Crippen molar-refractivity contribution in [2.75, 3.05) is 5.32 Å². The van der Waals surface area contributed by atoms with Gasteiger partial charge in [-0.2, -0.15) is 0 Å². The van der Waals surface area contributed by atoms with Crippen molar-refractivity contribution < 1.29 is 0 Å². The Morgan fingerprint density at radius 3 is 2.75 bits per heavy atom. The summed E-state index contributed by atoms with van der Waals surface area (Å²) in [5, 5.41) is 3.55. The average Bonchev–Trinajstić information content (AvgIpc) is 2.33. The lowest BCUT2D eigenvalue weighted by Crippen LogP contribution is -2.08. The smallest absolute Gasteiger partial charge is 0.171 e. The Bertz CT molecular complexity index is 461. The van der Waals surface area contributed by atoms with Crippen LogP contribution >= 0.6 is 11.6 Å². The van der Waals surface area contributed by atoms with Crippen molar-refractivity contribution in [2.45, 2.75) is 13.0 Å². The third-order valence-corrected chi connectivity index (χ3v) is 2.47. The topological polar surface area (TPSA) is 50.7 Å². The van der Waals surface area contributed by atoms with Crippen molar-refractivity contribution in [3.05, 3.63) is 47.6 Å². The van der Waals surface area contributed by atoms with E-state index in [0.717, 1.165) is 5.56 Å². The highest BCUT2D eigenvalue weighted by molar-refractivity contribution is 6.31. The van der Waals surface area contributed by atoms with Crippen molar-refractivity contribution in [3.8, 4) is 0 Å². The molecule has 0 aliphatic heterocycles. The van der Waals surface area contributed by atoms with Gasteiger partial charge in [-0.3, -0.25) is 4.98 Å². The standard InChI is InChI=1S/C11H11ClN4/c1-8(9-3-2-4-13-7-9)16-11-10(12)14-5-6-15-11/h2-8H,1H3,(H,15,16). The molecule has 0 amide bonds. The number of hydrogen-bond donors (Lipinski definition) is 1. The summed E-state index contributed by atoms with van der Waals surface area (Å²) < 4.78 is 0. The number of aromatic nitrogens is 3. The third-order valence-electron chi connectivity index (χ3n) is 2.19. The molecule has 0 aliphatic carbocycles. The van der Waals surface area contributed by atoms with Crippen molar-refractivity contribution >= 4 is 17.4 Å². The Morgan fingerprint density at radius 1 is 1.25 bits per heavy atom. The zero-order valence-electron chi connectivity index (χ0n) is 8.76. The van der Waals surface area contributed by atoms with Crippen LogP contribution in [0.4, 0.5) is 5.82 Å². The summed E-state index contributed by atoms with van der Waals surface area (Å²) in [6.07, 6.45) is 6.71. The Hall–Kier alpha value is -1.68. The van der Waals surface area contributed by atoms with E-state index in [1.54, 1.807) is 18.6 Å².